The highest BCUT2D eigenvalue weighted by Gasteiger charge is 2.15. The van der Waals surface area contributed by atoms with E-state index in [1.165, 1.54) is 6.07 Å². The summed E-state index contributed by atoms with van der Waals surface area (Å²) in [7, 11) is 0. The Morgan fingerprint density at radius 3 is 2.65 bits per heavy atom. The maximum absolute atomic E-state index is 13.5. The second-order valence-corrected chi connectivity index (χ2v) is 4.82. The molecule has 0 amide bonds. The molecule has 1 aromatic heterocycles. The molecule has 2 atom stereocenters. The Balaban J connectivity index is 1.93. The molecule has 0 bridgehead atoms. The Hall–Kier alpha value is -1.65. The van der Waals surface area contributed by atoms with E-state index in [1.807, 2.05) is 26.0 Å². The number of aryl methyl sites for hydroxylation is 1. The summed E-state index contributed by atoms with van der Waals surface area (Å²) in [4.78, 5) is 0. The number of nitrogens with one attached hydrogen (secondary N) is 1. The lowest BCUT2D eigenvalue weighted by molar-refractivity contribution is 0.164. The summed E-state index contributed by atoms with van der Waals surface area (Å²) in [5.74, 6) is 1.37. The highest BCUT2D eigenvalue weighted by Crippen LogP contribution is 2.19. The van der Waals surface area contributed by atoms with Crippen molar-refractivity contribution in [1.82, 2.24) is 5.32 Å². The molecule has 0 radical (unpaired) electrons. The first-order valence-electron chi connectivity index (χ1n) is 6.86. The number of hydrogen-bond donors (Lipinski definition) is 2. The van der Waals surface area contributed by atoms with Crippen LogP contribution in [-0.2, 0) is 6.42 Å². The highest BCUT2D eigenvalue weighted by molar-refractivity contribution is 5.20. The van der Waals surface area contributed by atoms with Gasteiger partial charge >= 0.3 is 0 Å². The van der Waals surface area contributed by atoms with Crippen LogP contribution in [-0.4, -0.2) is 11.7 Å². The van der Waals surface area contributed by atoms with Gasteiger partial charge in [0.05, 0.1) is 12.1 Å². The molecule has 2 aromatic rings. The van der Waals surface area contributed by atoms with Crippen molar-refractivity contribution in [1.29, 1.82) is 0 Å². The molecule has 2 unspecified atom stereocenters. The van der Waals surface area contributed by atoms with E-state index in [9.17, 15) is 9.50 Å². The van der Waals surface area contributed by atoms with E-state index in [1.54, 1.807) is 18.2 Å². The number of rotatable bonds is 6. The molecular weight excluding hydrogens is 257 g/mol. The summed E-state index contributed by atoms with van der Waals surface area (Å²) < 4.78 is 19.2. The number of halogens is 1. The van der Waals surface area contributed by atoms with Crippen LogP contribution in [0.2, 0.25) is 0 Å². The molecule has 0 saturated carbocycles. The van der Waals surface area contributed by atoms with Gasteiger partial charge in [0.15, 0.2) is 0 Å². The molecular formula is C16H20FNO2. The Bertz CT molecular complexity index is 553. The molecule has 3 nitrogen and oxygen atoms in total. The van der Waals surface area contributed by atoms with Gasteiger partial charge in [0.2, 0.25) is 0 Å². The lowest BCUT2D eigenvalue weighted by Gasteiger charge is -2.16. The zero-order chi connectivity index (χ0) is 14.5. The van der Waals surface area contributed by atoms with Gasteiger partial charge in [-0.05, 0) is 25.1 Å². The second-order valence-electron chi connectivity index (χ2n) is 4.82. The SMILES string of the molecule is CCc1ccc(C(C)NCC(O)c2ccccc2F)o1. The lowest BCUT2D eigenvalue weighted by atomic mass is 10.1. The third-order valence-electron chi connectivity index (χ3n) is 3.34. The predicted octanol–water partition coefficient (Wildman–Crippen LogP) is 3.37. The van der Waals surface area contributed by atoms with Crippen LogP contribution >= 0.6 is 0 Å². The molecule has 0 saturated heterocycles. The first-order chi connectivity index (χ1) is 9.61. The summed E-state index contributed by atoms with van der Waals surface area (Å²) >= 11 is 0. The fraction of sp³-hybridized carbons (Fsp3) is 0.375. The molecule has 1 aromatic carbocycles. The minimum atomic E-state index is -0.876. The highest BCUT2D eigenvalue weighted by atomic mass is 19.1. The van der Waals surface area contributed by atoms with Crippen LogP contribution in [0.4, 0.5) is 4.39 Å². The first-order valence-corrected chi connectivity index (χ1v) is 6.86. The Kier molecular flexibility index (Phi) is 4.93. The summed E-state index contributed by atoms with van der Waals surface area (Å²) in [6.45, 7) is 4.25. The minimum Gasteiger partial charge on any atom is -0.464 e. The average Bonchev–Trinajstić information content (AvgIpc) is 2.94. The maximum Gasteiger partial charge on any atom is 0.129 e. The molecule has 1 heterocycles. The van der Waals surface area contributed by atoms with Crippen LogP contribution in [0.1, 0.15) is 43.1 Å². The minimum absolute atomic E-state index is 0.0308. The average molecular weight is 277 g/mol. The van der Waals surface area contributed by atoms with Crippen molar-refractivity contribution in [2.75, 3.05) is 6.54 Å². The van der Waals surface area contributed by atoms with Gasteiger partial charge in [0, 0.05) is 18.5 Å². The van der Waals surface area contributed by atoms with Crippen LogP contribution in [0.15, 0.2) is 40.8 Å². The number of furan rings is 1. The van der Waals surface area contributed by atoms with Crippen LogP contribution in [0, 0.1) is 5.82 Å². The van der Waals surface area contributed by atoms with Gasteiger partial charge in [-0.2, -0.15) is 0 Å². The summed E-state index contributed by atoms with van der Waals surface area (Å²) in [5, 5.41) is 13.2. The number of benzene rings is 1. The van der Waals surface area contributed by atoms with E-state index in [2.05, 4.69) is 5.32 Å². The largest absolute Gasteiger partial charge is 0.464 e. The quantitative estimate of drug-likeness (QED) is 0.851. The summed E-state index contributed by atoms with van der Waals surface area (Å²) in [6.07, 6.45) is -0.0239. The molecule has 4 heteroatoms. The summed E-state index contributed by atoms with van der Waals surface area (Å²) in [6, 6.07) is 10.1. The Labute approximate surface area is 118 Å². The van der Waals surface area contributed by atoms with Gasteiger partial charge < -0.3 is 14.8 Å². The predicted molar refractivity (Wildman–Crippen MR) is 75.9 cm³/mol. The van der Waals surface area contributed by atoms with E-state index in [0.29, 0.717) is 5.56 Å². The number of aliphatic hydroxyl groups is 1. The Morgan fingerprint density at radius 2 is 2.00 bits per heavy atom. The molecule has 0 fully saturated rings. The van der Waals surface area contributed by atoms with Crippen molar-refractivity contribution < 1.29 is 13.9 Å². The van der Waals surface area contributed by atoms with E-state index >= 15 is 0 Å². The van der Waals surface area contributed by atoms with Crippen molar-refractivity contribution in [3.63, 3.8) is 0 Å². The van der Waals surface area contributed by atoms with Gasteiger partial charge in [-0.1, -0.05) is 25.1 Å². The zero-order valence-corrected chi connectivity index (χ0v) is 11.8. The molecule has 0 aliphatic heterocycles. The zero-order valence-electron chi connectivity index (χ0n) is 11.8. The first kappa shape index (κ1) is 14.8. The van der Waals surface area contributed by atoms with Gasteiger partial charge in [-0.25, -0.2) is 4.39 Å². The van der Waals surface area contributed by atoms with Crippen molar-refractivity contribution in [2.45, 2.75) is 32.4 Å². The van der Waals surface area contributed by atoms with Crippen LogP contribution in [0.3, 0.4) is 0 Å². The van der Waals surface area contributed by atoms with Gasteiger partial charge in [-0.15, -0.1) is 0 Å². The van der Waals surface area contributed by atoms with E-state index < -0.39 is 6.10 Å². The number of aliphatic hydroxyl groups excluding tert-OH is 1. The van der Waals surface area contributed by atoms with Gasteiger partial charge in [-0.3, -0.25) is 0 Å². The fourth-order valence-electron chi connectivity index (χ4n) is 2.06. The van der Waals surface area contributed by atoms with E-state index in [0.717, 1.165) is 17.9 Å². The summed E-state index contributed by atoms with van der Waals surface area (Å²) in [5.41, 5.74) is 0.306. The van der Waals surface area contributed by atoms with Crippen molar-refractivity contribution >= 4 is 0 Å². The number of hydrogen-bond acceptors (Lipinski definition) is 3. The van der Waals surface area contributed by atoms with Crippen LogP contribution < -0.4 is 5.32 Å². The monoisotopic (exact) mass is 277 g/mol. The normalized spacial score (nSPS) is 14.2. The van der Waals surface area contributed by atoms with Crippen molar-refractivity contribution in [3.8, 4) is 0 Å². The van der Waals surface area contributed by atoms with E-state index in [4.69, 9.17) is 4.42 Å². The molecule has 0 aliphatic rings. The molecule has 2 rings (SSSR count). The fourth-order valence-corrected chi connectivity index (χ4v) is 2.06. The van der Waals surface area contributed by atoms with E-state index in [-0.39, 0.29) is 18.4 Å². The molecule has 20 heavy (non-hydrogen) atoms. The van der Waals surface area contributed by atoms with Crippen LogP contribution in [0.25, 0.3) is 0 Å². The molecule has 2 N–H and O–H groups in total. The Morgan fingerprint density at radius 1 is 1.25 bits per heavy atom. The third-order valence-corrected chi connectivity index (χ3v) is 3.34. The third kappa shape index (κ3) is 3.46. The molecule has 108 valence electrons. The second kappa shape index (κ2) is 6.68. The smallest absolute Gasteiger partial charge is 0.129 e. The molecule has 0 aliphatic carbocycles. The maximum atomic E-state index is 13.5. The standard InChI is InChI=1S/C16H20FNO2/c1-3-12-8-9-16(20-12)11(2)18-10-15(19)13-6-4-5-7-14(13)17/h4-9,11,15,18-19H,3,10H2,1-2H3. The topological polar surface area (TPSA) is 45.4 Å². The van der Waals surface area contributed by atoms with Crippen molar-refractivity contribution in [2.24, 2.45) is 0 Å². The van der Waals surface area contributed by atoms with Crippen LogP contribution in [0.5, 0.6) is 0 Å². The van der Waals surface area contributed by atoms with Gasteiger partial charge in [0.1, 0.15) is 17.3 Å². The van der Waals surface area contributed by atoms with Gasteiger partial charge in [0.25, 0.3) is 0 Å². The molecule has 0 spiro atoms. The lowest BCUT2D eigenvalue weighted by Crippen LogP contribution is -2.24. The van der Waals surface area contributed by atoms with Crippen molar-refractivity contribution in [3.05, 3.63) is 59.3 Å².